The molecule has 79 heavy (non-hydrogen) atoms. The minimum absolute atomic E-state index is 0.0638. The topological polar surface area (TPSA) is 78.9 Å². The molecule has 0 fully saturated rings. The van der Waals surface area contributed by atoms with Gasteiger partial charge in [0.15, 0.2) is 6.10 Å². The fraction of sp³-hybridized carbons (Fsp3) is 0.932. The Morgan fingerprint density at radius 1 is 0.241 bits per heavy atom. The molecule has 0 aromatic carbocycles. The Balaban J connectivity index is 4.18. The van der Waals surface area contributed by atoms with E-state index in [0.29, 0.717) is 19.3 Å². The minimum atomic E-state index is -0.767. The van der Waals surface area contributed by atoms with Crippen LogP contribution in [0.3, 0.4) is 0 Å². The van der Waals surface area contributed by atoms with Gasteiger partial charge in [0.05, 0.1) is 0 Å². The second-order valence-corrected chi connectivity index (χ2v) is 24.9. The zero-order chi connectivity index (χ0) is 57.1. The molecule has 0 aliphatic heterocycles. The molecule has 6 heteroatoms. The van der Waals surface area contributed by atoms with Crippen LogP contribution in [-0.2, 0) is 28.6 Å². The van der Waals surface area contributed by atoms with Crippen LogP contribution in [0.25, 0.3) is 0 Å². The van der Waals surface area contributed by atoms with E-state index in [4.69, 9.17) is 14.2 Å². The van der Waals surface area contributed by atoms with Crippen LogP contribution in [0.5, 0.6) is 0 Å². The molecule has 1 unspecified atom stereocenters. The Bertz CT molecular complexity index is 1230. The van der Waals surface area contributed by atoms with E-state index in [9.17, 15) is 14.4 Å². The first-order valence-corrected chi connectivity index (χ1v) is 36.2. The van der Waals surface area contributed by atoms with Crippen LogP contribution >= 0.6 is 0 Å². The van der Waals surface area contributed by atoms with Crippen molar-refractivity contribution in [3.63, 3.8) is 0 Å². The normalized spacial score (nSPS) is 12.0. The molecule has 0 saturated heterocycles. The molecule has 0 N–H and O–H groups in total. The van der Waals surface area contributed by atoms with Crippen molar-refractivity contribution >= 4 is 17.9 Å². The smallest absolute Gasteiger partial charge is 0.306 e. The highest BCUT2D eigenvalue weighted by molar-refractivity contribution is 5.71. The van der Waals surface area contributed by atoms with Crippen molar-refractivity contribution in [1.29, 1.82) is 0 Å². The molecule has 468 valence electrons. The van der Waals surface area contributed by atoms with Gasteiger partial charge in [0.1, 0.15) is 13.2 Å². The van der Waals surface area contributed by atoms with Gasteiger partial charge in [-0.15, -0.1) is 0 Å². The molecule has 0 aliphatic carbocycles. The van der Waals surface area contributed by atoms with Gasteiger partial charge in [0.2, 0.25) is 0 Å². The Labute approximate surface area is 494 Å². The van der Waals surface area contributed by atoms with Crippen molar-refractivity contribution in [2.24, 2.45) is 0 Å². The van der Waals surface area contributed by atoms with E-state index in [0.717, 1.165) is 57.8 Å². The van der Waals surface area contributed by atoms with Crippen LogP contribution in [0, 0.1) is 0 Å². The van der Waals surface area contributed by atoms with E-state index in [1.807, 2.05) is 0 Å². The summed E-state index contributed by atoms with van der Waals surface area (Å²) in [4.78, 5) is 38.4. The van der Waals surface area contributed by atoms with Gasteiger partial charge in [-0.1, -0.05) is 367 Å². The number of carbonyl (C=O) groups is 3. The van der Waals surface area contributed by atoms with Crippen LogP contribution in [0.1, 0.15) is 419 Å². The third-order valence-electron chi connectivity index (χ3n) is 16.8. The summed E-state index contributed by atoms with van der Waals surface area (Å²) in [6, 6.07) is 0. The molecular formula is C73H140O6. The maximum Gasteiger partial charge on any atom is 0.306 e. The van der Waals surface area contributed by atoms with Gasteiger partial charge in [-0.2, -0.15) is 0 Å². The number of hydrogen-bond donors (Lipinski definition) is 0. The van der Waals surface area contributed by atoms with Crippen LogP contribution < -0.4 is 0 Å². The lowest BCUT2D eigenvalue weighted by Gasteiger charge is -2.18. The molecule has 0 spiro atoms. The molecule has 1 atom stereocenters. The molecule has 0 aliphatic rings. The summed E-state index contributed by atoms with van der Waals surface area (Å²) < 4.78 is 17.0. The number of allylic oxidation sites excluding steroid dienone is 2. The monoisotopic (exact) mass is 1110 g/mol. The second kappa shape index (κ2) is 68.6. The van der Waals surface area contributed by atoms with Gasteiger partial charge in [-0.05, 0) is 44.9 Å². The molecule has 0 heterocycles. The molecule has 0 saturated carbocycles. The SMILES string of the molecule is CCCCCCCCCC/C=C\CCCCCCCCCCCC(=O)OC(COC(=O)CCCCCCCCCCCCCCC)COC(=O)CCCCCCCCCCCCCCCCCCCCCCCCCCCCC. The number of hydrogen-bond acceptors (Lipinski definition) is 6. The van der Waals surface area contributed by atoms with Crippen molar-refractivity contribution in [3.05, 3.63) is 12.2 Å². The number of ether oxygens (including phenoxy) is 3. The summed E-state index contributed by atoms with van der Waals surface area (Å²) in [5.74, 6) is -0.830. The second-order valence-electron chi connectivity index (χ2n) is 24.9. The van der Waals surface area contributed by atoms with Crippen molar-refractivity contribution in [1.82, 2.24) is 0 Å². The van der Waals surface area contributed by atoms with Gasteiger partial charge in [0.25, 0.3) is 0 Å². The predicted molar refractivity (Wildman–Crippen MR) is 344 cm³/mol. The summed E-state index contributed by atoms with van der Waals surface area (Å²) >= 11 is 0. The third-order valence-corrected chi connectivity index (χ3v) is 16.8. The van der Waals surface area contributed by atoms with Gasteiger partial charge in [-0.25, -0.2) is 0 Å². The first kappa shape index (κ1) is 77.2. The van der Waals surface area contributed by atoms with Crippen LogP contribution in [0.4, 0.5) is 0 Å². The quantitative estimate of drug-likeness (QED) is 0.0261. The molecule has 0 bridgehead atoms. The van der Waals surface area contributed by atoms with E-state index in [1.165, 1.54) is 321 Å². The lowest BCUT2D eigenvalue weighted by Crippen LogP contribution is -2.30. The minimum Gasteiger partial charge on any atom is -0.462 e. The maximum atomic E-state index is 12.9. The van der Waals surface area contributed by atoms with E-state index in [1.54, 1.807) is 0 Å². The van der Waals surface area contributed by atoms with E-state index in [-0.39, 0.29) is 31.1 Å². The average Bonchev–Trinajstić information content (AvgIpc) is 3.45. The molecular weight excluding hydrogens is 973 g/mol. The number of rotatable bonds is 68. The van der Waals surface area contributed by atoms with Gasteiger partial charge >= 0.3 is 17.9 Å². The molecule has 6 nitrogen and oxygen atoms in total. The maximum absolute atomic E-state index is 12.9. The molecule has 0 rings (SSSR count). The summed E-state index contributed by atoms with van der Waals surface area (Å²) in [5, 5.41) is 0. The van der Waals surface area contributed by atoms with E-state index >= 15 is 0 Å². The van der Waals surface area contributed by atoms with Crippen molar-refractivity contribution in [2.45, 2.75) is 425 Å². The summed E-state index contributed by atoms with van der Waals surface area (Å²) in [6.45, 7) is 6.73. The number of esters is 3. The largest absolute Gasteiger partial charge is 0.462 e. The molecule has 0 amide bonds. The Morgan fingerprint density at radius 2 is 0.418 bits per heavy atom. The van der Waals surface area contributed by atoms with Crippen molar-refractivity contribution in [3.8, 4) is 0 Å². The van der Waals surface area contributed by atoms with Gasteiger partial charge < -0.3 is 14.2 Å². The number of carbonyl (C=O) groups excluding carboxylic acids is 3. The molecule has 0 radical (unpaired) electrons. The zero-order valence-corrected chi connectivity index (χ0v) is 53.9. The fourth-order valence-corrected chi connectivity index (χ4v) is 11.3. The Kier molecular flexibility index (Phi) is 67.0. The first-order valence-electron chi connectivity index (χ1n) is 36.2. The fourth-order valence-electron chi connectivity index (χ4n) is 11.3. The van der Waals surface area contributed by atoms with Crippen LogP contribution in [0.15, 0.2) is 12.2 Å². The van der Waals surface area contributed by atoms with Gasteiger partial charge in [-0.3, -0.25) is 14.4 Å². The lowest BCUT2D eigenvalue weighted by molar-refractivity contribution is -0.167. The summed E-state index contributed by atoms with van der Waals surface area (Å²) in [7, 11) is 0. The lowest BCUT2D eigenvalue weighted by atomic mass is 10.0. The summed E-state index contributed by atoms with van der Waals surface area (Å²) in [6.07, 6.45) is 82.5. The van der Waals surface area contributed by atoms with Crippen molar-refractivity contribution < 1.29 is 28.6 Å². The van der Waals surface area contributed by atoms with Crippen LogP contribution in [0.2, 0.25) is 0 Å². The molecule has 0 aromatic heterocycles. The number of unbranched alkanes of at least 4 members (excludes halogenated alkanes) is 55. The standard InChI is InChI=1S/C73H140O6/c1-4-7-10-13-16-19-22-25-27-29-31-33-34-35-36-37-38-40-41-43-45-48-51-54-57-60-63-66-72(75)78-69-70(68-77-71(74)65-62-59-56-53-50-47-24-21-18-15-12-9-6-3)79-73(76)67-64-61-58-55-52-49-46-44-42-39-32-30-28-26-23-20-17-14-11-8-5-2/h30,32,70H,4-29,31,33-69H2,1-3H3/b32-30-. The highest BCUT2D eigenvalue weighted by atomic mass is 16.6. The van der Waals surface area contributed by atoms with Gasteiger partial charge in [0, 0.05) is 19.3 Å². The average molecular weight is 1110 g/mol. The Morgan fingerprint density at radius 3 is 0.633 bits per heavy atom. The van der Waals surface area contributed by atoms with Crippen molar-refractivity contribution in [2.75, 3.05) is 13.2 Å². The highest BCUT2D eigenvalue weighted by Crippen LogP contribution is 2.19. The van der Waals surface area contributed by atoms with E-state index in [2.05, 4.69) is 32.9 Å². The highest BCUT2D eigenvalue weighted by Gasteiger charge is 2.19. The third kappa shape index (κ3) is 66.8. The Hall–Kier alpha value is -1.85. The van der Waals surface area contributed by atoms with Crippen LogP contribution in [-0.4, -0.2) is 37.2 Å². The summed E-state index contributed by atoms with van der Waals surface area (Å²) in [5.41, 5.74) is 0. The zero-order valence-electron chi connectivity index (χ0n) is 53.9. The first-order chi connectivity index (χ1) is 39.0. The predicted octanol–water partition coefficient (Wildman–Crippen LogP) is 24.8. The van der Waals surface area contributed by atoms with E-state index < -0.39 is 6.10 Å². The molecule has 0 aromatic rings.